The van der Waals surface area contributed by atoms with Gasteiger partial charge in [0.05, 0.1) is 12.6 Å². The molecule has 22 heavy (non-hydrogen) atoms. The molecule has 0 spiro atoms. The molecule has 0 aliphatic carbocycles. The summed E-state index contributed by atoms with van der Waals surface area (Å²) >= 11 is 0. The van der Waals surface area contributed by atoms with E-state index < -0.39 is 5.97 Å². The van der Waals surface area contributed by atoms with Crippen LogP contribution in [0.25, 0.3) is 0 Å². The lowest BCUT2D eigenvalue weighted by molar-refractivity contribution is 0.0690. The summed E-state index contributed by atoms with van der Waals surface area (Å²) in [5.74, 6) is 0.493. The fraction of sp³-hybridized carbons (Fsp3) is 0.294. The number of nitrogens with one attached hydrogen (secondary N) is 1. The van der Waals surface area contributed by atoms with Crippen molar-refractivity contribution in [2.45, 2.75) is 25.8 Å². The summed E-state index contributed by atoms with van der Waals surface area (Å²) in [4.78, 5) is 15.1. The summed E-state index contributed by atoms with van der Waals surface area (Å²) < 4.78 is 5.82. The standard InChI is InChI=1S/C17H18N2O3/c1-2-11-5-3-6-12-13(9-10-22-16(11)12)18-15-8-4-7-14(19-15)17(20)21/h3-8,13H,2,9-10H2,1H3,(H,18,19)(H,20,21). The van der Waals surface area contributed by atoms with Gasteiger partial charge in [0.25, 0.3) is 0 Å². The van der Waals surface area contributed by atoms with Crippen molar-refractivity contribution in [2.75, 3.05) is 11.9 Å². The van der Waals surface area contributed by atoms with Gasteiger partial charge in [-0.1, -0.05) is 31.2 Å². The van der Waals surface area contributed by atoms with Crippen molar-refractivity contribution in [3.8, 4) is 5.75 Å². The van der Waals surface area contributed by atoms with Crippen LogP contribution >= 0.6 is 0 Å². The molecule has 0 saturated carbocycles. The Bertz CT molecular complexity index is 700. The Morgan fingerprint density at radius 3 is 2.95 bits per heavy atom. The third-order valence-electron chi connectivity index (χ3n) is 3.83. The molecule has 1 aliphatic rings. The number of hydrogen-bond acceptors (Lipinski definition) is 4. The van der Waals surface area contributed by atoms with Crippen LogP contribution in [0.5, 0.6) is 5.75 Å². The maximum atomic E-state index is 11.0. The number of carboxylic acid groups (broad SMARTS) is 1. The van der Waals surface area contributed by atoms with Crippen LogP contribution in [0.15, 0.2) is 36.4 Å². The molecule has 2 aromatic rings. The van der Waals surface area contributed by atoms with Crippen LogP contribution in [0.4, 0.5) is 5.82 Å². The molecule has 1 unspecified atom stereocenters. The van der Waals surface area contributed by atoms with Gasteiger partial charge in [-0.3, -0.25) is 0 Å². The Morgan fingerprint density at radius 1 is 1.36 bits per heavy atom. The molecule has 0 amide bonds. The third-order valence-corrected chi connectivity index (χ3v) is 3.83. The highest BCUT2D eigenvalue weighted by Gasteiger charge is 2.23. The fourth-order valence-electron chi connectivity index (χ4n) is 2.73. The van der Waals surface area contributed by atoms with Crippen LogP contribution in [0.1, 0.15) is 41.0 Å². The van der Waals surface area contributed by atoms with E-state index >= 15 is 0 Å². The molecule has 114 valence electrons. The summed E-state index contributed by atoms with van der Waals surface area (Å²) in [6, 6.07) is 11.2. The molecule has 0 radical (unpaired) electrons. The number of hydrogen-bond donors (Lipinski definition) is 2. The van der Waals surface area contributed by atoms with E-state index in [9.17, 15) is 4.79 Å². The number of benzene rings is 1. The van der Waals surface area contributed by atoms with Gasteiger partial charge in [0.15, 0.2) is 5.69 Å². The van der Waals surface area contributed by atoms with Crippen molar-refractivity contribution in [1.29, 1.82) is 0 Å². The molecule has 3 rings (SSSR count). The highest BCUT2D eigenvalue weighted by atomic mass is 16.5. The number of pyridine rings is 1. The zero-order chi connectivity index (χ0) is 15.5. The van der Waals surface area contributed by atoms with E-state index in [0.717, 1.165) is 24.2 Å². The van der Waals surface area contributed by atoms with E-state index in [0.29, 0.717) is 12.4 Å². The first-order valence-electron chi connectivity index (χ1n) is 7.40. The van der Waals surface area contributed by atoms with Crippen LogP contribution in [0.3, 0.4) is 0 Å². The van der Waals surface area contributed by atoms with E-state index in [2.05, 4.69) is 23.3 Å². The minimum Gasteiger partial charge on any atom is -0.493 e. The van der Waals surface area contributed by atoms with E-state index in [1.165, 1.54) is 11.6 Å². The predicted octanol–water partition coefficient (Wildman–Crippen LogP) is 3.28. The van der Waals surface area contributed by atoms with Gasteiger partial charge in [-0.05, 0) is 24.1 Å². The van der Waals surface area contributed by atoms with E-state index in [1.807, 2.05) is 12.1 Å². The molecule has 5 nitrogen and oxygen atoms in total. The number of nitrogens with zero attached hydrogens (tertiary/aromatic N) is 1. The molecule has 1 aromatic carbocycles. The first kappa shape index (κ1) is 14.4. The first-order chi connectivity index (χ1) is 10.7. The van der Waals surface area contributed by atoms with Gasteiger partial charge in [0.1, 0.15) is 11.6 Å². The molecule has 0 bridgehead atoms. The number of carboxylic acids is 1. The highest BCUT2D eigenvalue weighted by Crippen LogP contribution is 2.36. The fourth-order valence-corrected chi connectivity index (χ4v) is 2.73. The number of anilines is 1. The first-order valence-corrected chi connectivity index (χ1v) is 7.40. The second-order valence-corrected chi connectivity index (χ2v) is 5.24. The highest BCUT2D eigenvalue weighted by molar-refractivity contribution is 5.85. The molecule has 0 fully saturated rings. The number of aromatic carboxylic acids is 1. The summed E-state index contributed by atoms with van der Waals surface area (Å²) in [6.45, 7) is 2.74. The summed E-state index contributed by atoms with van der Waals surface area (Å²) in [6.07, 6.45) is 1.74. The Kier molecular flexibility index (Phi) is 3.96. The number of fused-ring (bicyclic) bond motifs is 1. The lowest BCUT2D eigenvalue weighted by atomic mass is 9.96. The molecular formula is C17H18N2O3. The van der Waals surface area contributed by atoms with Crippen LogP contribution in [-0.2, 0) is 6.42 Å². The molecule has 5 heteroatoms. The largest absolute Gasteiger partial charge is 0.493 e. The van der Waals surface area contributed by atoms with E-state index in [1.54, 1.807) is 12.1 Å². The lowest BCUT2D eigenvalue weighted by Gasteiger charge is -2.28. The van der Waals surface area contributed by atoms with Gasteiger partial charge in [0.2, 0.25) is 0 Å². The quantitative estimate of drug-likeness (QED) is 0.906. The van der Waals surface area contributed by atoms with Crippen molar-refractivity contribution in [2.24, 2.45) is 0 Å². The SMILES string of the molecule is CCc1cccc2c1OCCC2Nc1cccc(C(=O)O)n1. The number of aryl methyl sites for hydroxylation is 1. The molecular weight excluding hydrogens is 280 g/mol. The van der Waals surface area contributed by atoms with Gasteiger partial charge >= 0.3 is 5.97 Å². The summed E-state index contributed by atoms with van der Waals surface area (Å²) in [5.41, 5.74) is 2.34. The third kappa shape index (κ3) is 2.74. The molecule has 2 heterocycles. The second-order valence-electron chi connectivity index (χ2n) is 5.24. The second kappa shape index (κ2) is 6.05. The molecule has 1 aromatic heterocycles. The van der Waals surface area contributed by atoms with Crippen molar-refractivity contribution >= 4 is 11.8 Å². The molecule has 1 aliphatic heterocycles. The molecule has 2 N–H and O–H groups in total. The van der Waals surface area contributed by atoms with Crippen LogP contribution in [0, 0.1) is 0 Å². The minimum atomic E-state index is -1.02. The lowest BCUT2D eigenvalue weighted by Crippen LogP contribution is -2.22. The monoisotopic (exact) mass is 298 g/mol. The normalized spacial score (nSPS) is 16.5. The molecule has 1 atom stereocenters. The van der Waals surface area contributed by atoms with Crippen molar-refractivity contribution in [3.63, 3.8) is 0 Å². The number of rotatable bonds is 4. The topological polar surface area (TPSA) is 71.5 Å². The van der Waals surface area contributed by atoms with Gasteiger partial charge in [-0.25, -0.2) is 9.78 Å². The number of aromatic nitrogens is 1. The number of para-hydroxylation sites is 1. The molecule has 0 saturated heterocycles. The van der Waals surface area contributed by atoms with Crippen LogP contribution in [0.2, 0.25) is 0 Å². The Morgan fingerprint density at radius 2 is 2.18 bits per heavy atom. The van der Waals surface area contributed by atoms with E-state index in [-0.39, 0.29) is 11.7 Å². The zero-order valence-corrected chi connectivity index (χ0v) is 12.4. The Hall–Kier alpha value is -2.56. The Labute approximate surface area is 129 Å². The average molecular weight is 298 g/mol. The van der Waals surface area contributed by atoms with Gasteiger partial charge in [-0.15, -0.1) is 0 Å². The van der Waals surface area contributed by atoms with Crippen LogP contribution in [-0.4, -0.2) is 22.7 Å². The maximum Gasteiger partial charge on any atom is 0.354 e. The number of ether oxygens (including phenoxy) is 1. The van der Waals surface area contributed by atoms with Crippen LogP contribution < -0.4 is 10.1 Å². The Balaban J connectivity index is 1.89. The zero-order valence-electron chi connectivity index (χ0n) is 12.4. The summed E-state index contributed by atoms with van der Waals surface area (Å²) in [7, 11) is 0. The summed E-state index contributed by atoms with van der Waals surface area (Å²) in [5, 5.41) is 12.4. The van der Waals surface area contributed by atoms with Gasteiger partial charge in [-0.2, -0.15) is 0 Å². The van der Waals surface area contributed by atoms with Crippen molar-refractivity contribution in [3.05, 3.63) is 53.2 Å². The van der Waals surface area contributed by atoms with Crippen molar-refractivity contribution in [1.82, 2.24) is 4.98 Å². The van der Waals surface area contributed by atoms with Gasteiger partial charge < -0.3 is 15.2 Å². The van der Waals surface area contributed by atoms with Crippen molar-refractivity contribution < 1.29 is 14.6 Å². The van der Waals surface area contributed by atoms with E-state index in [4.69, 9.17) is 9.84 Å². The van der Waals surface area contributed by atoms with Gasteiger partial charge in [0, 0.05) is 12.0 Å². The average Bonchev–Trinajstić information content (AvgIpc) is 2.55. The minimum absolute atomic E-state index is 0.0413. The maximum absolute atomic E-state index is 11.0. The number of carbonyl (C=O) groups is 1. The smallest absolute Gasteiger partial charge is 0.354 e. The predicted molar refractivity (Wildman–Crippen MR) is 83.5 cm³/mol.